The number of hydrogen-bond donors (Lipinski definition) is 0. The fourth-order valence-corrected chi connectivity index (χ4v) is 4.23. The van der Waals surface area contributed by atoms with Gasteiger partial charge in [0.1, 0.15) is 0 Å². The van der Waals surface area contributed by atoms with Crippen LogP contribution in [0, 0.1) is 29.1 Å². The van der Waals surface area contributed by atoms with E-state index in [1.807, 2.05) is 0 Å². The van der Waals surface area contributed by atoms with Crippen LogP contribution in [-0.4, -0.2) is 0 Å². The van der Waals surface area contributed by atoms with Crippen molar-refractivity contribution in [2.45, 2.75) is 66.2 Å². The Bertz CT molecular complexity index is 218. The maximum absolute atomic E-state index is 2.59. The minimum atomic E-state index is 0.686. The van der Waals surface area contributed by atoms with E-state index < -0.39 is 0 Å². The predicted octanol–water partition coefficient (Wildman–Crippen LogP) is 4.89. The normalized spacial score (nSPS) is 46.6. The monoisotopic (exact) mass is 208 g/mol. The topological polar surface area (TPSA) is 0 Å². The lowest BCUT2D eigenvalue weighted by molar-refractivity contribution is -0.0232. The van der Waals surface area contributed by atoms with Crippen molar-refractivity contribution in [1.82, 2.24) is 0 Å². The summed E-state index contributed by atoms with van der Waals surface area (Å²) >= 11 is 0. The van der Waals surface area contributed by atoms with Crippen molar-refractivity contribution < 1.29 is 0 Å². The second-order valence-electron chi connectivity index (χ2n) is 6.82. The van der Waals surface area contributed by atoms with Gasteiger partial charge in [-0.05, 0) is 54.8 Å². The van der Waals surface area contributed by atoms with Gasteiger partial charge >= 0.3 is 0 Å². The lowest BCUT2D eigenvalue weighted by Gasteiger charge is -2.52. The molecule has 2 saturated carbocycles. The van der Waals surface area contributed by atoms with E-state index in [2.05, 4.69) is 27.7 Å². The van der Waals surface area contributed by atoms with Crippen LogP contribution in [0.5, 0.6) is 0 Å². The van der Waals surface area contributed by atoms with Gasteiger partial charge in [-0.15, -0.1) is 0 Å². The molecular weight excluding hydrogens is 180 g/mol. The summed E-state index contributed by atoms with van der Waals surface area (Å²) in [5.41, 5.74) is 0.686. The van der Waals surface area contributed by atoms with Crippen molar-refractivity contribution in [1.29, 1.82) is 0 Å². The average molecular weight is 208 g/mol. The van der Waals surface area contributed by atoms with Gasteiger partial charge in [0, 0.05) is 0 Å². The summed E-state index contributed by atoms with van der Waals surface area (Å²) in [4.78, 5) is 0. The Morgan fingerprint density at radius 3 is 2.47 bits per heavy atom. The summed E-state index contributed by atoms with van der Waals surface area (Å²) in [5.74, 6) is 3.93. The molecule has 0 aromatic heterocycles. The maximum Gasteiger partial charge on any atom is -0.0269 e. The first kappa shape index (κ1) is 11.5. The maximum atomic E-state index is 2.59. The first-order valence-corrected chi connectivity index (χ1v) is 7.04. The van der Waals surface area contributed by atoms with Crippen LogP contribution in [0.25, 0.3) is 0 Å². The molecule has 0 aliphatic heterocycles. The molecule has 0 N–H and O–H groups in total. The number of rotatable bonds is 1. The van der Waals surface area contributed by atoms with Crippen LogP contribution < -0.4 is 0 Å². The lowest BCUT2D eigenvalue weighted by Crippen LogP contribution is -2.43. The highest BCUT2D eigenvalue weighted by Crippen LogP contribution is 2.55. The molecule has 2 aliphatic rings. The van der Waals surface area contributed by atoms with Crippen LogP contribution >= 0.6 is 0 Å². The first-order valence-electron chi connectivity index (χ1n) is 7.04. The third kappa shape index (κ3) is 1.97. The van der Waals surface area contributed by atoms with E-state index in [0.29, 0.717) is 5.41 Å². The third-order valence-corrected chi connectivity index (χ3v) is 5.78. The highest BCUT2D eigenvalue weighted by molar-refractivity contribution is 4.95. The predicted molar refractivity (Wildman–Crippen MR) is 66.8 cm³/mol. The molecule has 0 radical (unpaired) electrons. The largest absolute Gasteiger partial charge is 0.0625 e. The molecule has 15 heavy (non-hydrogen) atoms. The number of fused-ring (bicyclic) bond motifs is 1. The van der Waals surface area contributed by atoms with Gasteiger partial charge in [-0.25, -0.2) is 0 Å². The fraction of sp³-hybridized carbons (Fsp3) is 1.00. The molecule has 0 heterocycles. The molecule has 0 aromatic rings. The molecule has 0 bridgehead atoms. The quantitative estimate of drug-likeness (QED) is 0.576. The molecule has 0 aromatic carbocycles. The fourth-order valence-electron chi connectivity index (χ4n) is 4.23. The second-order valence-corrected chi connectivity index (χ2v) is 6.82. The Balaban J connectivity index is 2.12. The highest BCUT2D eigenvalue weighted by atomic mass is 14.5. The molecule has 0 nitrogen and oxygen atoms in total. The first-order chi connectivity index (χ1) is 7.04. The van der Waals surface area contributed by atoms with Crippen molar-refractivity contribution in [2.24, 2.45) is 29.1 Å². The van der Waals surface area contributed by atoms with E-state index in [4.69, 9.17) is 0 Å². The minimum Gasteiger partial charge on any atom is -0.0625 e. The van der Waals surface area contributed by atoms with Crippen LogP contribution in [0.15, 0.2) is 0 Å². The van der Waals surface area contributed by atoms with Crippen LogP contribution in [0.1, 0.15) is 66.2 Å². The van der Waals surface area contributed by atoms with Crippen molar-refractivity contribution >= 4 is 0 Å². The van der Waals surface area contributed by atoms with Crippen molar-refractivity contribution in [3.05, 3.63) is 0 Å². The van der Waals surface area contributed by atoms with Gasteiger partial charge in [0.05, 0.1) is 0 Å². The summed E-state index contributed by atoms with van der Waals surface area (Å²) in [7, 11) is 0. The van der Waals surface area contributed by atoms with Gasteiger partial charge in [0.2, 0.25) is 0 Å². The molecule has 2 rings (SSSR count). The Hall–Kier alpha value is 0. The van der Waals surface area contributed by atoms with Crippen molar-refractivity contribution in [2.75, 3.05) is 0 Å². The van der Waals surface area contributed by atoms with Gasteiger partial charge in [0.15, 0.2) is 0 Å². The molecule has 88 valence electrons. The molecule has 2 fully saturated rings. The van der Waals surface area contributed by atoms with Gasteiger partial charge in [-0.1, -0.05) is 40.5 Å². The summed E-state index contributed by atoms with van der Waals surface area (Å²) in [6.07, 6.45) is 9.03. The van der Waals surface area contributed by atoms with Crippen LogP contribution in [-0.2, 0) is 0 Å². The smallest absolute Gasteiger partial charge is 0.0269 e. The zero-order chi connectivity index (χ0) is 11.1. The molecule has 3 unspecified atom stereocenters. The summed E-state index contributed by atoms with van der Waals surface area (Å²) in [5, 5.41) is 0. The second kappa shape index (κ2) is 4.11. The van der Waals surface area contributed by atoms with Crippen LogP contribution in [0.4, 0.5) is 0 Å². The molecule has 4 atom stereocenters. The standard InChI is InChI=1S/C15H28/c1-11(2)13-8-9-14-7-5-6-12(3)15(14,4)10-13/h11-14H,5-10H2,1-4H3/t12?,13-,14?,15?/m1/s1. The van der Waals surface area contributed by atoms with Crippen LogP contribution in [0.2, 0.25) is 0 Å². The van der Waals surface area contributed by atoms with Gasteiger partial charge in [-0.3, -0.25) is 0 Å². The summed E-state index contributed by atoms with van der Waals surface area (Å²) in [6.45, 7) is 9.94. The Morgan fingerprint density at radius 2 is 1.80 bits per heavy atom. The van der Waals surface area contributed by atoms with E-state index in [1.165, 1.54) is 38.5 Å². The summed E-state index contributed by atoms with van der Waals surface area (Å²) < 4.78 is 0. The van der Waals surface area contributed by atoms with Crippen molar-refractivity contribution in [3.8, 4) is 0 Å². The van der Waals surface area contributed by atoms with E-state index in [1.54, 1.807) is 0 Å². The molecule has 2 aliphatic carbocycles. The SMILES string of the molecule is CC(C)[C@@H]1CCC2CCCC(C)C2(C)C1. The van der Waals surface area contributed by atoms with Gasteiger partial charge in [0.25, 0.3) is 0 Å². The average Bonchev–Trinajstić information content (AvgIpc) is 2.19. The van der Waals surface area contributed by atoms with Crippen LogP contribution in [0.3, 0.4) is 0 Å². The van der Waals surface area contributed by atoms with E-state index in [9.17, 15) is 0 Å². The van der Waals surface area contributed by atoms with Gasteiger partial charge in [-0.2, -0.15) is 0 Å². The van der Waals surface area contributed by atoms with E-state index >= 15 is 0 Å². The van der Waals surface area contributed by atoms with Gasteiger partial charge < -0.3 is 0 Å². The minimum absolute atomic E-state index is 0.686. The highest BCUT2D eigenvalue weighted by Gasteiger charge is 2.45. The Labute approximate surface area is 95.8 Å². The Morgan fingerprint density at radius 1 is 1.07 bits per heavy atom. The molecule has 0 saturated heterocycles. The van der Waals surface area contributed by atoms with E-state index in [0.717, 1.165) is 23.7 Å². The third-order valence-electron chi connectivity index (χ3n) is 5.78. The molecule has 0 amide bonds. The lowest BCUT2D eigenvalue weighted by atomic mass is 9.53. The zero-order valence-electron chi connectivity index (χ0n) is 11.1. The molecular formula is C15H28. The zero-order valence-corrected chi connectivity index (χ0v) is 11.1. The van der Waals surface area contributed by atoms with Crippen molar-refractivity contribution in [3.63, 3.8) is 0 Å². The number of hydrogen-bond acceptors (Lipinski definition) is 0. The Kier molecular flexibility index (Phi) is 3.14. The summed E-state index contributed by atoms with van der Waals surface area (Å²) in [6, 6.07) is 0. The van der Waals surface area contributed by atoms with E-state index in [-0.39, 0.29) is 0 Å². The molecule has 0 heteroatoms. The molecule has 0 spiro atoms.